The lowest BCUT2D eigenvalue weighted by Gasteiger charge is -2.19. The Morgan fingerprint density at radius 2 is 2.29 bits per heavy atom. The fourth-order valence-corrected chi connectivity index (χ4v) is 2.19. The summed E-state index contributed by atoms with van der Waals surface area (Å²) < 4.78 is 0. The van der Waals surface area contributed by atoms with Crippen molar-refractivity contribution in [3.8, 4) is 0 Å². The normalized spacial score (nSPS) is 19.4. The number of hydrogen-bond acceptors (Lipinski definition) is 4. The zero-order valence-corrected chi connectivity index (χ0v) is 9.63. The van der Waals surface area contributed by atoms with Gasteiger partial charge in [0.25, 0.3) is 5.69 Å². The van der Waals surface area contributed by atoms with E-state index in [4.69, 9.17) is 0 Å². The summed E-state index contributed by atoms with van der Waals surface area (Å²) in [6.45, 7) is 3.96. The topological polar surface area (TPSA) is 63.4 Å². The Bertz CT molecular complexity index is 459. The molecule has 17 heavy (non-hydrogen) atoms. The van der Waals surface area contributed by atoms with E-state index < -0.39 is 4.92 Å². The Hall–Kier alpha value is -1.91. The van der Waals surface area contributed by atoms with Crippen molar-refractivity contribution < 1.29 is 9.72 Å². The summed E-state index contributed by atoms with van der Waals surface area (Å²) in [5.74, 6) is 0.602. The molecule has 1 saturated heterocycles. The molecule has 0 amide bonds. The summed E-state index contributed by atoms with van der Waals surface area (Å²) in [7, 11) is 0. The Balaban J connectivity index is 2.34. The molecule has 0 aliphatic carbocycles. The number of aldehydes is 1. The minimum absolute atomic E-state index is 0.0388. The number of nitrogens with zero attached hydrogens (tertiary/aromatic N) is 2. The van der Waals surface area contributed by atoms with Crippen LogP contribution in [0.5, 0.6) is 0 Å². The van der Waals surface area contributed by atoms with Crippen LogP contribution >= 0.6 is 0 Å². The van der Waals surface area contributed by atoms with E-state index >= 15 is 0 Å². The molecule has 1 aromatic carbocycles. The van der Waals surface area contributed by atoms with Crippen LogP contribution in [-0.4, -0.2) is 24.3 Å². The zero-order chi connectivity index (χ0) is 12.4. The van der Waals surface area contributed by atoms with Crippen LogP contribution in [0, 0.1) is 16.0 Å². The molecular weight excluding hydrogens is 220 g/mol. The summed E-state index contributed by atoms with van der Waals surface area (Å²) >= 11 is 0. The average Bonchev–Trinajstić information content (AvgIpc) is 2.74. The molecule has 1 aromatic rings. The maximum absolute atomic E-state index is 11.0. The predicted molar refractivity (Wildman–Crippen MR) is 64.5 cm³/mol. The second-order valence-corrected chi connectivity index (χ2v) is 4.46. The molecule has 5 nitrogen and oxygen atoms in total. The standard InChI is InChI=1S/C12H14N2O3/c1-9-4-5-13(7-9)12-3-2-11(14(16)17)6-10(12)8-15/h2-3,6,8-9H,4-5,7H2,1H3. The summed E-state index contributed by atoms with van der Waals surface area (Å²) in [4.78, 5) is 23.2. The third-order valence-electron chi connectivity index (χ3n) is 3.11. The van der Waals surface area contributed by atoms with Crippen molar-refractivity contribution in [2.24, 2.45) is 5.92 Å². The first kappa shape index (κ1) is 11.6. The molecule has 1 aliphatic heterocycles. The molecule has 2 rings (SSSR count). The van der Waals surface area contributed by atoms with E-state index in [0.717, 1.165) is 25.2 Å². The maximum atomic E-state index is 11.0. The van der Waals surface area contributed by atoms with Crippen molar-refractivity contribution in [2.45, 2.75) is 13.3 Å². The van der Waals surface area contributed by atoms with Gasteiger partial charge in [-0.3, -0.25) is 14.9 Å². The zero-order valence-electron chi connectivity index (χ0n) is 9.63. The van der Waals surface area contributed by atoms with Crippen LogP contribution in [0.2, 0.25) is 0 Å². The monoisotopic (exact) mass is 234 g/mol. The predicted octanol–water partition coefficient (Wildman–Crippen LogP) is 2.25. The highest BCUT2D eigenvalue weighted by Gasteiger charge is 2.22. The van der Waals surface area contributed by atoms with Crippen LogP contribution in [0.4, 0.5) is 11.4 Å². The molecule has 1 heterocycles. The van der Waals surface area contributed by atoms with Crippen LogP contribution in [0.1, 0.15) is 23.7 Å². The van der Waals surface area contributed by atoms with Crippen molar-refractivity contribution in [3.05, 3.63) is 33.9 Å². The van der Waals surface area contributed by atoms with Gasteiger partial charge >= 0.3 is 0 Å². The van der Waals surface area contributed by atoms with E-state index in [2.05, 4.69) is 11.8 Å². The number of hydrogen-bond donors (Lipinski definition) is 0. The molecule has 1 atom stereocenters. The van der Waals surface area contributed by atoms with Gasteiger partial charge in [0.2, 0.25) is 0 Å². The summed E-state index contributed by atoms with van der Waals surface area (Å²) in [6, 6.07) is 4.45. The highest BCUT2D eigenvalue weighted by Crippen LogP contribution is 2.28. The van der Waals surface area contributed by atoms with Crippen molar-refractivity contribution >= 4 is 17.7 Å². The molecule has 90 valence electrons. The van der Waals surface area contributed by atoms with Crippen LogP contribution < -0.4 is 4.90 Å². The lowest BCUT2D eigenvalue weighted by atomic mass is 10.1. The minimum Gasteiger partial charge on any atom is -0.371 e. The average molecular weight is 234 g/mol. The second kappa shape index (κ2) is 4.53. The van der Waals surface area contributed by atoms with Gasteiger partial charge in [-0.25, -0.2) is 0 Å². The second-order valence-electron chi connectivity index (χ2n) is 4.46. The lowest BCUT2D eigenvalue weighted by Crippen LogP contribution is -2.20. The molecule has 0 bridgehead atoms. The van der Waals surface area contributed by atoms with Crippen LogP contribution in [0.15, 0.2) is 18.2 Å². The molecule has 1 aliphatic rings. The Kier molecular flexibility index (Phi) is 3.08. The quantitative estimate of drug-likeness (QED) is 0.457. The van der Waals surface area contributed by atoms with Gasteiger partial charge < -0.3 is 4.90 Å². The largest absolute Gasteiger partial charge is 0.371 e. The van der Waals surface area contributed by atoms with E-state index in [-0.39, 0.29) is 5.69 Å². The Morgan fingerprint density at radius 1 is 1.53 bits per heavy atom. The molecule has 0 saturated carbocycles. The van der Waals surface area contributed by atoms with Crippen LogP contribution in [0.3, 0.4) is 0 Å². The minimum atomic E-state index is -0.483. The number of anilines is 1. The molecule has 0 N–H and O–H groups in total. The highest BCUT2D eigenvalue weighted by atomic mass is 16.6. The first-order valence-electron chi connectivity index (χ1n) is 5.60. The van der Waals surface area contributed by atoms with E-state index in [9.17, 15) is 14.9 Å². The van der Waals surface area contributed by atoms with E-state index in [0.29, 0.717) is 17.8 Å². The Morgan fingerprint density at radius 3 is 2.82 bits per heavy atom. The summed E-state index contributed by atoms with van der Waals surface area (Å²) in [5.41, 5.74) is 1.16. The van der Waals surface area contributed by atoms with Crippen molar-refractivity contribution in [3.63, 3.8) is 0 Å². The lowest BCUT2D eigenvalue weighted by molar-refractivity contribution is -0.384. The SMILES string of the molecule is CC1CCN(c2ccc([N+](=O)[O-])cc2C=O)C1. The molecule has 0 aromatic heterocycles. The summed E-state index contributed by atoms with van der Waals surface area (Å²) in [5, 5.41) is 10.6. The molecule has 5 heteroatoms. The molecular formula is C12H14N2O3. The number of rotatable bonds is 3. The van der Waals surface area contributed by atoms with Gasteiger partial charge in [-0.1, -0.05) is 6.92 Å². The van der Waals surface area contributed by atoms with Crippen LogP contribution in [0.25, 0.3) is 0 Å². The van der Waals surface area contributed by atoms with Gasteiger partial charge in [0.1, 0.15) is 0 Å². The van der Waals surface area contributed by atoms with E-state index in [1.54, 1.807) is 6.07 Å². The number of nitro benzene ring substituents is 1. The molecule has 0 radical (unpaired) electrons. The van der Waals surface area contributed by atoms with Crippen molar-refractivity contribution in [1.82, 2.24) is 0 Å². The highest BCUT2D eigenvalue weighted by molar-refractivity contribution is 5.86. The van der Waals surface area contributed by atoms with Crippen LogP contribution in [-0.2, 0) is 0 Å². The maximum Gasteiger partial charge on any atom is 0.270 e. The third kappa shape index (κ3) is 2.27. The number of nitro groups is 1. The van der Waals surface area contributed by atoms with E-state index in [1.807, 2.05) is 0 Å². The van der Waals surface area contributed by atoms with Gasteiger partial charge in [-0.2, -0.15) is 0 Å². The smallest absolute Gasteiger partial charge is 0.270 e. The van der Waals surface area contributed by atoms with Crippen molar-refractivity contribution in [1.29, 1.82) is 0 Å². The molecule has 1 fully saturated rings. The first-order chi connectivity index (χ1) is 8.11. The van der Waals surface area contributed by atoms with Gasteiger partial charge in [-0.15, -0.1) is 0 Å². The first-order valence-corrected chi connectivity index (χ1v) is 5.60. The number of carbonyl (C=O) groups excluding carboxylic acids is 1. The van der Waals surface area contributed by atoms with Gasteiger partial charge in [0.15, 0.2) is 6.29 Å². The third-order valence-corrected chi connectivity index (χ3v) is 3.11. The molecule has 1 unspecified atom stereocenters. The number of benzene rings is 1. The van der Waals surface area contributed by atoms with Gasteiger partial charge in [0, 0.05) is 36.5 Å². The van der Waals surface area contributed by atoms with Gasteiger partial charge in [-0.05, 0) is 18.4 Å². The molecule has 0 spiro atoms. The fourth-order valence-electron chi connectivity index (χ4n) is 2.19. The number of non-ortho nitro benzene ring substituents is 1. The van der Waals surface area contributed by atoms with Crippen molar-refractivity contribution in [2.75, 3.05) is 18.0 Å². The number of carbonyl (C=O) groups is 1. The van der Waals surface area contributed by atoms with Gasteiger partial charge in [0.05, 0.1) is 4.92 Å². The summed E-state index contributed by atoms with van der Waals surface area (Å²) in [6.07, 6.45) is 1.78. The van der Waals surface area contributed by atoms with E-state index in [1.165, 1.54) is 12.1 Å². The Labute approximate surface area is 99.2 Å². The fraction of sp³-hybridized carbons (Fsp3) is 0.417.